The molecule has 0 aliphatic heterocycles. The number of nitrogens with zero attached hydrogens (tertiary/aromatic N) is 3. The number of benzene rings is 1. The van der Waals surface area contributed by atoms with Crippen LogP contribution in [-0.2, 0) is 4.79 Å². The van der Waals surface area contributed by atoms with Crippen molar-refractivity contribution in [1.82, 2.24) is 20.1 Å². The van der Waals surface area contributed by atoms with Crippen molar-refractivity contribution in [2.24, 2.45) is 11.8 Å². The lowest BCUT2D eigenvalue weighted by Crippen LogP contribution is -2.44. The molecule has 1 N–H and O–H groups in total. The molecule has 1 aliphatic rings. The minimum absolute atomic E-state index is 0.0743. The summed E-state index contributed by atoms with van der Waals surface area (Å²) in [6.45, 7) is 8.74. The standard InChI is InChI=1S/C22H32N4O2S/c1-14(2)26-21(17-9-11-18(28-5)12-10-17)24-25-22(26)29-13-20(27)23-19-8-6-7-15(3)16(19)4/h9-12,14-16,19H,6-8,13H2,1-5H3,(H,23,27)/t15-,16-,19-/m1/s1. The Balaban J connectivity index is 1.67. The summed E-state index contributed by atoms with van der Waals surface area (Å²) in [4.78, 5) is 12.6. The molecular formula is C22H32N4O2S. The topological polar surface area (TPSA) is 69.0 Å². The van der Waals surface area contributed by atoms with Crippen molar-refractivity contribution in [3.8, 4) is 17.1 Å². The number of thioether (sulfide) groups is 1. The maximum Gasteiger partial charge on any atom is 0.230 e. The highest BCUT2D eigenvalue weighted by molar-refractivity contribution is 7.99. The lowest BCUT2D eigenvalue weighted by atomic mass is 9.78. The van der Waals surface area contributed by atoms with Crippen molar-refractivity contribution < 1.29 is 9.53 Å². The number of hydrogen-bond acceptors (Lipinski definition) is 5. The molecule has 158 valence electrons. The fourth-order valence-corrected chi connectivity index (χ4v) is 4.82. The Labute approximate surface area is 177 Å². The quantitative estimate of drug-likeness (QED) is 0.670. The molecule has 1 amide bonds. The number of amides is 1. The van der Waals surface area contributed by atoms with Gasteiger partial charge in [0.25, 0.3) is 0 Å². The number of carbonyl (C=O) groups excluding carboxylic acids is 1. The highest BCUT2D eigenvalue weighted by atomic mass is 32.2. The number of rotatable bonds is 7. The minimum atomic E-state index is 0.0743. The summed E-state index contributed by atoms with van der Waals surface area (Å²) in [6.07, 6.45) is 3.52. The SMILES string of the molecule is COc1ccc(-c2nnc(SCC(=O)N[C@@H]3CCC[C@@H](C)[C@H]3C)n2C(C)C)cc1. The molecule has 0 bridgehead atoms. The van der Waals surface area contributed by atoms with E-state index in [9.17, 15) is 4.79 Å². The Kier molecular flexibility index (Phi) is 7.22. The van der Waals surface area contributed by atoms with Crippen molar-refractivity contribution in [3.63, 3.8) is 0 Å². The second-order valence-electron chi connectivity index (χ2n) is 8.23. The summed E-state index contributed by atoms with van der Waals surface area (Å²) in [5, 5.41) is 12.8. The van der Waals surface area contributed by atoms with E-state index in [0.29, 0.717) is 17.6 Å². The first-order valence-electron chi connectivity index (χ1n) is 10.4. The molecule has 2 aromatic rings. The predicted octanol–water partition coefficient (Wildman–Crippen LogP) is 4.57. The number of ether oxygens (including phenoxy) is 1. The summed E-state index contributed by atoms with van der Waals surface area (Å²) in [5.41, 5.74) is 0.980. The Bertz CT molecular complexity index is 819. The van der Waals surface area contributed by atoms with Crippen LogP contribution in [0, 0.1) is 11.8 Å². The first kappa shape index (κ1) is 21.7. The van der Waals surface area contributed by atoms with Gasteiger partial charge in [-0.15, -0.1) is 10.2 Å². The largest absolute Gasteiger partial charge is 0.497 e. The van der Waals surface area contributed by atoms with E-state index >= 15 is 0 Å². The van der Waals surface area contributed by atoms with Gasteiger partial charge in [-0.3, -0.25) is 9.36 Å². The minimum Gasteiger partial charge on any atom is -0.497 e. The summed E-state index contributed by atoms with van der Waals surface area (Å²) in [6, 6.07) is 8.27. The zero-order valence-electron chi connectivity index (χ0n) is 18.0. The molecule has 1 aliphatic carbocycles. The van der Waals surface area contributed by atoms with E-state index < -0.39 is 0 Å². The van der Waals surface area contributed by atoms with Crippen molar-refractivity contribution in [3.05, 3.63) is 24.3 Å². The molecule has 3 atom stereocenters. The van der Waals surface area contributed by atoms with E-state index in [1.807, 2.05) is 24.3 Å². The summed E-state index contributed by atoms with van der Waals surface area (Å²) < 4.78 is 7.33. The Morgan fingerprint density at radius 3 is 2.62 bits per heavy atom. The zero-order chi connectivity index (χ0) is 21.0. The number of carbonyl (C=O) groups is 1. The molecule has 1 aromatic carbocycles. The van der Waals surface area contributed by atoms with Gasteiger partial charge in [0.2, 0.25) is 5.91 Å². The lowest BCUT2D eigenvalue weighted by molar-refractivity contribution is -0.120. The Hall–Kier alpha value is -2.02. The third kappa shape index (κ3) is 5.13. The molecule has 6 nitrogen and oxygen atoms in total. The second-order valence-corrected chi connectivity index (χ2v) is 9.17. The normalized spacial score (nSPS) is 21.9. The molecule has 1 fully saturated rings. The van der Waals surface area contributed by atoms with E-state index in [-0.39, 0.29) is 18.0 Å². The highest BCUT2D eigenvalue weighted by Crippen LogP contribution is 2.31. The van der Waals surface area contributed by atoms with Gasteiger partial charge in [0, 0.05) is 17.6 Å². The van der Waals surface area contributed by atoms with Crippen LogP contribution in [0.3, 0.4) is 0 Å². The molecule has 1 saturated carbocycles. The third-order valence-corrected chi connectivity index (χ3v) is 6.86. The van der Waals surface area contributed by atoms with E-state index in [1.54, 1.807) is 7.11 Å². The van der Waals surface area contributed by atoms with Crippen molar-refractivity contribution in [1.29, 1.82) is 0 Å². The van der Waals surface area contributed by atoms with E-state index in [4.69, 9.17) is 4.74 Å². The molecule has 29 heavy (non-hydrogen) atoms. The van der Waals surface area contributed by atoms with E-state index in [2.05, 4.69) is 47.8 Å². The molecular weight excluding hydrogens is 384 g/mol. The van der Waals surface area contributed by atoms with Crippen LogP contribution in [0.25, 0.3) is 11.4 Å². The molecule has 0 unspecified atom stereocenters. The summed E-state index contributed by atoms with van der Waals surface area (Å²) >= 11 is 1.45. The third-order valence-electron chi connectivity index (χ3n) is 5.91. The van der Waals surface area contributed by atoms with E-state index in [0.717, 1.165) is 28.7 Å². The van der Waals surface area contributed by atoms with Crippen LogP contribution in [0.1, 0.15) is 53.0 Å². The van der Waals surface area contributed by atoms with Crippen molar-refractivity contribution in [2.75, 3.05) is 12.9 Å². The van der Waals surface area contributed by atoms with Crippen LogP contribution < -0.4 is 10.1 Å². The van der Waals surface area contributed by atoms with Crippen LogP contribution in [0.5, 0.6) is 5.75 Å². The Morgan fingerprint density at radius 2 is 1.97 bits per heavy atom. The highest BCUT2D eigenvalue weighted by Gasteiger charge is 2.28. The average Bonchev–Trinajstić information content (AvgIpc) is 3.14. The predicted molar refractivity (Wildman–Crippen MR) is 117 cm³/mol. The van der Waals surface area contributed by atoms with Crippen LogP contribution in [0.15, 0.2) is 29.4 Å². The fraction of sp³-hybridized carbons (Fsp3) is 0.591. The van der Waals surface area contributed by atoms with E-state index in [1.165, 1.54) is 24.6 Å². The smallest absolute Gasteiger partial charge is 0.230 e. The maximum atomic E-state index is 12.6. The number of nitrogens with one attached hydrogen (secondary N) is 1. The monoisotopic (exact) mass is 416 g/mol. The van der Waals surface area contributed by atoms with Gasteiger partial charge >= 0.3 is 0 Å². The van der Waals surface area contributed by atoms with Gasteiger partial charge in [-0.2, -0.15) is 0 Å². The Morgan fingerprint density at radius 1 is 1.24 bits per heavy atom. The first-order valence-corrected chi connectivity index (χ1v) is 11.4. The molecule has 0 radical (unpaired) electrons. The van der Waals surface area contributed by atoms with Gasteiger partial charge < -0.3 is 10.1 Å². The number of methoxy groups -OCH3 is 1. The van der Waals surface area contributed by atoms with Gasteiger partial charge in [0.1, 0.15) is 5.75 Å². The maximum absolute atomic E-state index is 12.6. The average molecular weight is 417 g/mol. The number of hydrogen-bond donors (Lipinski definition) is 1. The van der Waals surface area contributed by atoms with Gasteiger partial charge in [0.15, 0.2) is 11.0 Å². The zero-order valence-corrected chi connectivity index (χ0v) is 18.8. The molecule has 1 heterocycles. The van der Waals surface area contributed by atoms with Crippen LogP contribution in [0.2, 0.25) is 0 Å². The lowest BCUT2D eigenvalue weighted by Gasteiger charge is -2.34. The first-order chi connectivity index (χ1) is 13.9. The molecule has 7 heteroatoms. The second kappa shape index (κ2) is 9.65. The van der Waals surface area contributed by atoms with Crippen LogP contribution in [-0.4, -0.2) is 39.6 Å². The van der Waals surface area contributed by atoms with Gasteiger partial charge in [-0.25, -0.2) is 0 Å². The van der Waals surface area contributed by atoms with Crippen LogP contribution >= 0.6 is 11.8 Å². The fourth-order valence-electron chi connectivity index (χ4n) is 3.94. The van der Waals surface area contributed by atoms with Gasteiger partial charge in [-0.05, 0) is 56.4 Å². The number of aromatic nitrogens is 3. The molecule has 1 aromatic heterocycles. The van der Waals surface area contributed by atoms with Gasteiger partial charge in [0.05, 0.1) is 12.9 Å². The summed E-state index contributed by atoms with van der Waals surface area (Å²) in [7, 11) is 1.65. The molecule has 3 rings (SSSR count). The van der Waals surface area contributed by atoms with Crippen molar-refractivity contribution in [2.45, 2.75) is 64.2 Å². The van der Waals surface area contributed by atoms with Crippen molar-refractivity contribution >= 4 is 17.7 Å². The molecule has 0 saturated heterocycles. The summed E-state index contributed by atoms with van der Waals surface area (Å²) in [5.74, 6) is 3.23. The molecule has 0 spiro atoms. The van der Waals surface area contributed by atoms with Gasteiger partial charge in [-0.1, -0.05) is 38.5 Å². The van der Waals surface area contributed by atoms with Crippen LogP contribution in [0.4, 0.5) is 0 Å².